The van der Waals surface area contributed by atoms with Crippen molar-refractivity contribution in [2.45, 2.75) is 13.3 Å². The van der Waals surface area contributed by atoms with Crippen LogP contribution in [0.3, 0.4) is 0 Å². The van der Waals surface area contributed by atoms with Crippen LogP contribution in [-0.2, 0) is 0 Å². The Kier molecular flexibility index (Phi) is 3.66. The molecule has 7 nitrogen and oxygen atoms in total. The molecule has 0 aliphatic heterocycles. The monoisotopic (exact) mass is 319 g/mol. The molecule has 3 N–H and O–H groups in total. The van der Waals surface area contributed by atoms with Gasteiger partial charge in [0.2, 0.25) is 5.95 Å². The first-order valence-electron chi connectivity index (χ1n) is 7.90. The minimum Gasteiger partial charge on any atom is -0.368 e. The summed E-state index contributed by atoms with van der Waals surface area (Å²) in [5.74, 6) is 1.26. The second-order valence-corrected chi connectivity index (χ2v) is 5.46. The average molecular weight is 319 g/mol. The van der Waals surface area contributed by atoms with Crippen LogP contribution >= 0.6 is 0 Å². The summed E-state index contributed by atoms with van der Waals surface area (Å²) >= 11 is 0. The van der Waals surface area contributed by atoms with Gasteiger partial charge in [-0.1, -0.05) is 13.0 Å². The lowest BCUT2D eigenvalue weighted by molar-refractivity contribution is 0.969. The van der Waals surface area contributed by atoms with Crippen LogP contribution in [0.15, 0.2) is 42.9 Å². The van der Waals surface area contributed by atoms with Gasteiger partial charge in [0.25, 0.3) is 0 Å². The van der Waals surface area contributed by atoms with Gasteiger partial charge >= 0.3 is 0 Å². The van der Waals surface area contributed by atoms with E-state index in [1.165, 1.54) is 0 Å². The number of nitrogens with zero attached hydrogens (tertiary/aromatic N) is 4. The molecule has 3 heterocycles. The highest BCUT2D eigenvalue weighted by Crippen LogP contribution is 2.23. The lowest BCUT2D eigenvalue weighted by Crippen LogP contribution is -2.06. The molecule has 0 unspecified atom stereocenters. The number of hydrogen-bond donors (Lipinski definition) is 3. The molecule has 1 aromatic carbocycles. The summed E-state index contributed by atoms with van der Waals surface area (Å²) in [6.45, 7) is 2.95. The highest BCUT2D eigenvalue weighted by molar-refractivity contribution is 5.85. The molecule has 4 rings (SSSR count). The van der Waals surface area contributed by atoms with Gasteiger partial charge in [-0.3, -0.25) is 4.98 Å². The first-order valence-corrected chi connectivity index (χ1v) is 7.90. The van der Waals surface area contributed by atoms with Gasteiger partial charge in [0.05, 0.1) is 11.8 Å². The molecular weight excluding hydrogens is 302 g/mol. The molecule has 0 amide bonds. The zero-order valence-corrected chi connectivity index (χ0v) is 13.2. The number of aromatic amines is 1. The van der Waals surface area contributed by atoms with Crippen molar-refractivity contribution in [2.75, 3.05) is 17.2 Å². The zero-order valence-electron chi connectivity index (χ0n) is 13.2. The van der Waals surface area contributed by atoms with E-state index in [9.17, 15) is 0 Å². The minimum absolute atomic E-state index is 0.511. The molecule has 0 atom stereocenters. The molecule has 0 bridgehead atoms. The summed E-state index contributed by atoms with van der Waals surface area (Å²) in [7, 11) is 0. The summed E-state index contributed by atoms with van der Waals surface area (Å²) in [4.78, 5) is 20.7. The number of anilines is 3. The van der Waals surface area contributed by atoms with Gasteiger partial charge in [-0.25, -0.2) is 4.98 Å². The van der Waals surface area contributed by atoms with E-state index in [-0.39, 0.29) is 0 Å². The number of benzene rings is 1. The number of hydrogen-bond acceptors (Lipinski definition) is 6. The van der Waals surface area contributed by atoms with Crippen LogP contribution in [0.1, 0.15) is 13.3 Å². The van der Waals surface area contributed by atoms with Crippen molar-refractivity contribution in [3.63, 3.8) is 0 Å². The van der Waals surface area contributed by atoms with E-state index in [2.05, 4.69) is 42.5 Å². The quantitative estimate of drug-likeness (QED) is 0.522. The van der Waals surface area contributed by atoms with Gasteiger partial charge in [0.1, 0.15) is 5.52 Å². The second kappa shape index (κ2) is 6.11. The van der Waals surface area contributed by atoms with E-state index in [0.29, 0.717) is 11.6 Å². The van der Waals surface area contributed by atoms with E-state index < -0.39 is 0 Å². The Morgan fingerprint density at radius 2 is 2.08 bits per heavy atom. The Hall–Kier alpha value is -3.22. The molecule has 7 heteroatoms. The fourth-order valence-corrected chi connectivity index (χ4v) is 2.54. The molecule has 3 aromatic heterocycles. The summed E-state index contributed by atoms with van der Waals surface area (Å²) < 4.78 is 0. The van der Waals surface area contributed by atoms with Crippen LogP contribution in [0.5, 0.6) is 0 Å². The third-order valence-electron chi connectivity index (χ3n) is 3.69. The van der Waals surface area contributed by atoms with Crippen LogP contribution in [0.4, 0.5) is 17.5 Å². The molecule has 0 aliphatic carbocycles. The predicted octanol–water partition coefficient (Wildman–Crippen LogP) is 3.47. The summed E-state index contributed by atoms with van der Waals surface area (Å²) in [5, 5.41) is 7.62. The average Bonchev–Trinajstić information content (AvgIpc) is 3.08. The molecule has 0 spiro atoms. The number of rotatable bonds is 5. The minimum atomic E-state index is 0.511. The van der Waals surface area contributed by atoms with Gasteiger partial charge in [-0.15, -0.1) is 0 Å². The van der Waals surface area contributed by atoms with E-state index >= 15 is 0 Å². The molecule has 24 heavy (non-hydrogen) atoms. The molecular formula is C17H17N7. The normalized spacial score (nSPS) is 11.0. The molecule has 0 fully saturated rings. The van der Waals surface area contributed by atoms with Crippen molar-refractivity contribution >= 4 is 39.5 Å². The van der Waals surface area contributed by atoms with Crippen LogP contribution in [0.25, 0.3) is 22.1 Å². The summed E-state index contributed by atoms with van der Waals surface area (Å²) in [6, 6.07) is 9.91. The first kappa shape index (κ1) is 14.4. The number of fused-ring (bicyclic) bond motifs is 2. The largest absolute Gasteiger partial charge is 0.368 e. The maximum Gasteiger partial charge on any atom is 0.231 e. The number of H-pyrrole nitrogens is 1. The van der Waals surface area contributed by atoms with Crippen molar-refractivity contribution in [2.24, 2.45) is 0 Å². The Balaban J connectivity index is 1.69. The zero-order chi connectivity index (χ0) is 16.4. The Bertz CT molecular complexity index is 992. The van der Waals surface area contributed by atoms with Gasteiger partial charge in [-0.2, -0.15) is 9.97 Å². The topological polar surface area (TPSA) is 91.4 Å². The van der Waals surface area contributed by atoms with E-state index in [1.807, 2.05) is 30.3 Å². The third-order valence-corrected chi connectivity index (χ3v) is 3.69. The van der Waals surface area contributed by atoms with Crippen molar-refractivity contribution in [1.29, 1.82) is 0 Å². The highest BCUT2D eigenvalue weighted by atomic mass is 15.2. The Morgan fingerprint density at radius 1 is 1.12 bits per heavy atom. The van der Waals surface area contributed by atoms with Gasteiger partial charge in [0, 0.05) is 23.8 Å². The number of imidazole rings is 1. The maximum absolute atomic E-state index is 4.57. The van der Waals surface area contributed by atoms with Crippen molar-refractivity contribution in [3.8, 4) is 0 Å². The Morgan fingerprint density at radius 3 is 3.00 bits per heavy atom. The van der Waals surface area contributed by atoms with E-state index in [4.69, 9.17) is 0 Å². The van der Waals surface area contributed by atoms with E-state index in [1.54, 1.807) is 12.5 Å². The van der Waals surface area contributed by atoms with Crippen molar-refractivity contribution in [3.05, 3.63) is 42.9 Å². The number of aromatic nitrogens is 5. The predicted molar refractivity (Wildman–Crippen MR) is 95.5 cm³/mol. The maximum atomic E-state index is 4.57. The van der Waals surface area contributed by atoms with Gasteiger partial charge in [0.15, 0.2) is 11.5 Å². The van der Waals surface area contributed by atoms with Crippen LogP contribution in [-0.4, -0.2) is 31.5 Å². The summed E-state index contributed by atoms with van der Waals surface area (Å²) in [5.41, 5.74) is 3.31. The summed E-state index contributed by atoms with van der Waals surface area (Å²) in [6.07, 6.45) is 4.43. The SMILES string of the molecule is CCCNc1nc(Nc2ccc3ncccc3c2)nc2nc[nH]c12. The van der Waals surface area contributed by atoms with Crippen LogP contribution < -0.4 is 10.6 Å². The van der Waals surface area contributed by atoms with Crippen molar-refractivity contribution < 1.29 is 0 Å². The van der Waals surface area contributed by atoms with Crippen LogP contribution in [0, 0.1) is 0 Å². The third kappa shape index (κ3) is 2.71. The molecule has 0 aliphatic rings. The number of pyridine rings is 1. The lowest BCUT2D eigenvalue weighted by atomic mass is 10.2. The van der Waals surface area contributed by atoms with Crippen molar-refractivity contribution in [1.82, 2.24) is 24.9 Å². The second-order valence-electron chi connectivity index (χ2n) is 5.46. The molecule has 0 saturated heterocycles. The highest BCUT2D eigenvalue weighted by Gasteiger charge is 2.10. The first-order chi connectivity index (χ1) is 11.8. The fraction of sp³-hybridized carbons (Fsp3) is 0.176. The molecule has 120 valence electrons. The van der Waals surface area contributed by atoms with Crippen LogP contribution in [0.2, 0.25) is 0 Å². The number of nitrogens with one attached hydrogen (secondary N) is 3. The smallest absolute Gasteiger partial charge is 0.231 e. The fourth-order valence-electron chi connectivity index (χ4n) is 2.54. The molecule has 0 radical (unpaired) electrons. The van der Waals surface area contributed by atoms with E-state index in [0.717, 1.165) is 40.9 Å². The Labute approximate surface area is 138 Å². The van der Waals surface area contributed by atoms with Gasteiger partial charge in [-0.05, 0) is 30.7 Å². The standard InChI is InChI=1S/C17H17N7/c1-2-7-19-15-14-16(21-10-20-14)24-17(23-15)22-12-5-6-13-11(9-12)4-3-8-18-13/h3-6,8-10H,2,7H2,1H3,(H3,19,20,21,22,23,24). The molecule has 0 saturated carbocycles. The molecule has 4 aromatic rings. The van der Waals surface area contributed by atoms with Gasteiger partial charge < -0.3 is 15.6 Å². The lowest BCUT2D eigenvalue weighted by Gasteiger charge is -2.09.